The molecule has 7 nitrogen and oxygen atoms in total. The van der Waals surface area contributed by atoms with Gasteiger partial charge in [0, 0.05) is 42.8 Å². The number of nitrogens with zero attached hydrogens (tertiary/aromatic N) is 3. The zero-order valence-electron chi connectivity index (χ0n) is 29.3. The van der Waals surface area contributed by atoms with E-state index in [-0.39, 0.29) is 0 Å². The predicted molar refractivity (Wildman–Crippen MR) is 205 cm³/mol. The summed E-state index contributed by atoms with van der Waals surface area (Å²) in [4.78, 5) is 6.89. The maximum absolute atomic E-state index is 11.2. The molecule has 0 unspecified atom stereocenters. The fourth-order valence-corrected chi connectivity index (χ4v) is 5.32. The number of unbranched alkanes of at least 4 members (excludes halogenated alkanes) is 1. The van der Waals surface area contributed by atoms with Gasteiger partial charge in [0.05, 0.1) is 16.9 Å². The van der Waals surface area contributed by atoms with Crippen molar-refractivity contribution in [3.05, 3.63) is 120 Å². The van der Waals surface area contributed by atoms with Crippen molar-refractivity contribution in [3.8, 4) is 6.07 Å². The highest BCUT2D eigenvalue weighted by Gasteiger charge is 2.33. The van der Waals surface area contributed by atoms with Crippen LogP contribution in [0.4, 0.5) is 17.1 Å². The number of nitrogens with one attached hydrogen (secondary N) is 3. The third-order valence-corrected chi connectivity index (χ3v) is 7.90. The first-order valence-corrected chi connectivity index (χ1v) is 16.9. The van der Waals surface area contributed by atoms with Crippen molar-refractivity contribution < 1.29 is 5.11 Å². The van der Waals surface area contributed by atoms with Crippen molar-refractivity contribution in [1.82, 2.24) is 0 Å². The molecule has 7 heteroatoms. The van der Waals surface area contributed by atoms with Gasteiger partial charge in [-0.25, -0.2) is 4.99 Å². The lowest BCUT2D eigenvalue weighted by molar-refractivity contribution is 0.0165. The number of hydrogen-bond donors (Lipinski definition) is 4. The lowest BCUT2D eigenvalue weighted by atomic mass is 9.85. The number of aliphatic hydroxyl groups is 1. The van der Waals surface area contributed by atoms with Gasteiger partial charge in [-0.15, -0.1) is 0 Å². The van der Waals surface area contributed by atoms with E-state index in [4.69, 9.17) is 5.41 Å². The first-order chi connectivity index (χ1) is 23.2. The topological polar surface area (TPSA) is 108 Å². The summed E-state index contributed by atoms with van der Waals surface area (Å²) in [7, 11) is 0. The molecule has 0 spiro atoms. The van der Waals surface area contributed by atoms with Gasteiger partial charge in [-0.3, -0.25) is 0 Å². The minimum absolute atomic E-state index is 0.646. The number of aliphatic imine (C=N–C) groups is 1. The molecule has 0 aliphatic carbocycles. The molecule has 0 bridgehead atoms. The summed E-state index contributed by atoms with van der Waals surface area (Å²) < 4.78 is 0. The normalized spacial score (nSPS) is 14.7. The smallest absolute Gasteiger partial charge is 0.126 e. The number of hydrogen-bond acceptors (Lipinski definition) is 7. The monoisotopic (exact) mass is 644 g/mol. The zero-order valence-corrected chi connectivity index (χ0v) is 29.3. The van der Waals surface area contributed by atoms with Crippen molar-refractivity contribution in [2.45, 2.75) is 78.7 Å². The highest BCUT2D eigenvalue weighted by molar-refractivity contribution is 5.85. The molecule has 1 saturated heterocycles. The fourth-order valence-electron chi connectivity index (χ4n) is 5.32. The van der Waals surface area contributed by atoms with Crippen LogP contribution in [-0.2, 0) is 6.42 Å². The van der Waals surface area contributed by atoms with Gasteiger partial charge >= 0.3 is 0 Å². The van der Waals surface area contributed by atoms with Crippen molar-refractivity contribution in [2.24, 2.45) is 4.99 Å². The van der Waals surface area contributed by atoms with Crippen molar-refractivity contribution in [2.75, 3.05) is 28.6 Å². The van der Waals surface area contributed by atoms with E-state index in [1.54, 1.807) is 20.1 Å². The Balaban J connectivity index is 0.00000148. The molecule has 252 valence electrons. The Bertz CT molecular complexity index is 1600. The molecular weight excluding hydrogens is 592 g/mol. The highest BCUT2D eigenvalue weighted by atomic mass is 16.3. The first kappa shape index (κ1) is 37.5. The molecule has 3 aromatic rings. The Morgan fingerprint density at radius 2 is 1.67 bits per heavy atom. The second-order valence-electron chi connectivity index (χ2n) is 12.4. The van der Waals surface area contributed by atoms with E-state index >= 15 is 0 Å². The second-order valence-corrected chi connectivity index (χ2v) is 12.4. The van der Waals surface area contributed by atoms with Crippen LogP contribution in [0.1, 0.15) is 83.4 Å². The Labute approximate surface area is 287 Å². The van der Waals surface area contributed by atoms with Crippen molar-refractivity contribution >= 4 is 34.6 Å². The van der Waals surface area contributed by atoms with Gasteiger partial charge in [-0.05, 0) is 118 Å². The SMILES string of the molecule is CC(C)=N.CC/C=C(/N=C\C=C(/C)c1ccc(N2CCC(O)(Cc3ccccc3)CC2)c(C#N)c1)Nc1ccc(N/C=C\CCC)cc1. The predicted octanol–water partition coefficient (Wildman–Crippen LogP) is 9.74. The summed E-state index contributed by atoms with van der Waals surface area (Å²) in [6.45, 7) is 11.2. The number of anilines is 3. The summed E-state index contributed by atoms with van der Waals surface area (Å²) >= 11 is 0. The maximum Gasteiger partial charge on any atom is 0.126 e. The van der Waals surface area contributed by atoms with E-state index in [1.165, 1.54) is 0 Å². The first-order valence-electron chi connectivity index (χ1n) is 16.9. The molecule has 0 saturated carbocycles. The highest BCUT2D eigenvalue weighted by Crippen LogP contribution is 2.32. The number of rotatable bonds is 13. The van der Waals surface area contributed by atoms with Gasteiger partial charge in [-0.1, -0.05) is 62.7 Å². The molecule has 4 rings (SSSR count). The molecule has 0 amide bonds. The maximum atomic E-state index is 11.2. The summed E-state index contributed by atoms with van der Waals surface area (Å²) in [5.74, 6) is 0.783. The van der Waals surface area contributed by atoms with Gasteiger partial charge in [-0.2, -0.15) is 5.26 Å². The van der Waals surface area contributed by atoms with Crippen LogP contribution >= 0.6 is 0 Å². The number of nitriles is 1. The van der Waals surface area contributed by atoms with Crippen LogP contribution in [0, 0.1) is 16.7 Å². The van der Waals surface area contributed by atoms with Gasteiger partial charge in [0.1, 0.15) is 11.9 Å². The van der Waals surface area contributed by atoms with Crippen LogP contribution in [-0.4, -0.2) is 35.7 Å². The Morgan fingerprint density at radius 3 is 2.29 bits per heavy atom. The van der Waals surface area contributed by atoms with Crippen molar-refractivity contribution in [3.63, 3.8) is 0 Å². The van der Waals surface area contributed by atoms with E-state index < -0.39 is 5.60 Å². The summed E-state index contributed by atoms with van der Waals surface area (Å²) in [6, 6.07) is 26.8. The van der Waals surface area contributed by atoms with Crippen LogP contribution in [0.5, 0.6) is 0 Å². The molecule has 1 aliphatic heterocycles. The largest absolute Gasteiger partial charge is 0.389 e. The van der Waals surface area contributed by atoms with Crippen LogP contribution in [0.25, 0.3) is 5.57 Å². The molecule has 1 aliphatic rings. The van der Waals surface area contributed by atoms with Gasteiger partial charge in [0.2, 0.25) is 0 Å². The third-order valence-electron chi connectivity index (χ3n) is 7.90. The van der Waals surface area contributed by atoms with E-state index in [0.29, 0.717) is 43.6 Å². The third kappa shape index (κ3) is 12.7. The fraction of sp³-hybridized carbons (Fsp3) is 0.341. The number of allylic oxidation sites excluding steroid dienone is 4. The minimum atomic E-state index is -0.713. The summed E-state index contributed by atoms with van der Waals surface area (Å²) in [5.41, 5.74) is 6.70. The van der Waals surface area contributed by atoms with E-state index in [2.05, 4.69) is 70.8 Å². The van der Waals surface area contributed by atoms with Crippen LogP contribution in [0.15, 0.2) is 108 Å². The van der Waals surface area contributed by atoms with Gasteiger partial charge in [0.25, 0.3) is 0 Å². The van der Waals surface area contributed by atoms with E-state index in [1.807, 2.05) is 73.8 Å². The molecule has 1 heterocycles. The molecule has 4 N–H and O–H groups in total. The standard InChI is InChI=1S/C38H45N5O.C3H7N/c1-4-6-10-23-40-34-15-17-35(18-16-34)42-37(11-5-2)41-24-20-30(3)32-14-19-36(33(27-32)29-39)43-25-21-38(44,22-26-43)28-31-12-8-7-9-13-31;1-3(2)4/h7-20,23-24,27,40,42,44H,4-6,21-22,25-26,28H2,1-3H3;4H,1-2H3/b23-10-,30-20+,37-11-,41-24-;. The van der Waals surface area contributed by atoms with Crippen LogP contribution < -0.4 is 15.5 Å². The lowest BCUT2D eigenvalue weighted by Gasteiger charge is -2.39. The van der Waals surface area contributed by atoms with E-state index in [9.17, 15) is 10.4 Å². The molecule has 0 aromatic heterocycles. The molecule has 0 radical (unpaired) electrons. The van der Waals surface area contributed by atoms with Gasteiger partial charge < -0.3 is 26.0 Å². The lowest BCUT2D eigenvalue weighted by Crippen LogP contribution is -2.46. The summed E-state index contributed by atoms with van der Waals surface area (Å²) in [5, 5.41) is 34.4. The average Bonchev–Trinajstić information content (AvgIpc) is 3.07. The van der Waals surface area contributed by atoms with Crippen molar-refractivity contribution in [1.29, 1.82) is 10.7 Å². The number of piperidine rings is 1. The average molecular weight is 645 g/mol. The number of benzene rings is 3. The van der Waals surface area contributed by atoms with Gasteiger partial charge in [0.15, 0.2) is 0 Å². The Morgan fingerprint density at radius 1 is 1.00 bits per heavy atom. The zero-order chi connectivity index (χ0) is 34.8. The molecule has 0 atom stereocenters. The quantitative estimate of drug-likeness (QED) is 0.139. The summed E-state index contributed by atoms with van der Waals surface area (Å²) in [6.07, 6.45) is 15.0. The Kier molecular flexibility index (Phi) is 15.4. The molecule has 3 aromatic carbocycles. The molecule has 1 fully saturated rings. The second kappa shape index (κ2) is 19.7. The van der Waals surface area contributed by atoms with Crippen LogP contribution in [0.3, 0.4) is 0 Å². The molecule has 48 heavy (non-hydrogen) atoms. The Hall–Kier alpha value is -4.93. The molecular formula is C41H52N6O. The van der Waals surface area contributed by atoms with Crippen LogP contribution in [0.2, 0.25) is 0 Å². The van der Waals surface area contributed by atoms with E-state index in [0.717, 1.165) is 58.8 Å². The minimum Gasteiger partial charge on any atom is -0.389 e.